The molecule has 0 aliphatic carbocycles. The van der Waals surface area contributed by atoms with Crippen molar-refractivity contribution in [1.29, 1.82) is 0 Å². The second-order valence-electron chi connectivity index (χ2n) is 5.94. The molecule has 0 aliphatic rings. The van der Waals surface area contributed by atoms with Crippen molar-refractivity contribution in [3.05, 3.63) is 58.1 Å². The van der Waals surface area contributed by atoms with Gasteiger partial charge in [0.25, 0.3) is 11.6 Å². The highest BCUT2D eigenvalue weighted by Crippen LogP contribution is 2.35. The van der Waals surface area contributed by atoms with E-state index in [4.69, 9.17) is 12.2 Å². The van der Waals surface area contributed by atoms with Gasteiger partial charge in [0, 0.05) is 35.3 Å². The summed E-state index contributed by atoms with van der Waals surface area (Å²) in [6.07, 6.45) is 5.30. The predicted octanol–water partition coefficient (Wildman–Crippen LogP) is 4.04. The van der Waals surface area contributed by atoms with Gasteiger partial charge in [0.15, 0.2) is 0 Å². The van der Waals surface area contributed by atoms with Crippen LogP contribution < -0.4 is 11.1 Å². The molecular weight excluding hydrogens is 400 g/mol. The minimum absolute atomic E-state index is 0.114. The first-order valence-corrected chi connectivity index (χ1v) is 10.5. The Kier molecular flexibility index (Phi) is 11.0. The summed E-state index contributed by atoms with van der Waals surface area (Å²) in [4.78, 5) is 26.6. The number of nitro benzene ring substituents is 1. The maximum Gasteiger partial charge on any atom is 0.284 e. The predicted molar refractivity (Wildman–Crippen MR) is 123 cm³/mol. The van der Waals surface area contributed by atoms with Gasteiger partial charge in [-0.25, -0.2) is 0 Å². The number of anilines is 1. The van der Waals surface area contributed by atoms with Crippen molar-refractivity contribution in [3.63, 3.8) is 0 Å². The number of amides is 1. The summed E-state index contributed by atoms with van der Waals surface area (Å²) in [5.41, 5.74) is 6.41. The number of nitro groups is 1. The Labute approximate surface area is 182 Å². The van der Waals surface area contributed by atoms with E-state index in [-0.39, 0.29) is 17.2 Å². The van der Waals surface area contributed by atoms with Crippen LogP contribution in [0.25, 0.3) is 0 Å². The van der Waals surface area contributed by atoms with Crippen molar-refractivity contribution in [1.82, 2.24) is 10.2 Å². The van der Waals surface area contributed by atoms with Gasteiger partial charge in [0.2, 0.25) is 0 Å². The van der Waals surface area contributed by atoms with E-state index in [1.807, 2.05) is 25.7 Å². The van der Waals surface area contributed by atoms with Crippen LogP contribution in [-0.4, -0.2) is 41.9 Å². The number of terminal acetylenes is 1. The van der Waals surface area contributed by atoms with Crippen molar-refractivity contribution >= 4 is 29.0 Å². The average Bonchev–Trinajstić information content (AvgIpc) is 2.76. The number of nitrogen functional groups attached to an aromatic ring is 1. The summed E-state index contributed by atoms with van der Waals surface area (Å²) in [6, 6.07) is 11.5. The van der Waals surface area contributed by atoms with Gasteiger partial charge in [-0.3, -0.25) is 19.8 Å². The van der Waals surface area contributed by atoms with Gasteiger partial charge in [-0.1, -0.05) is 38.5 Å². The lowest BCUT2D eigenvalue weighted by molar-refractivity contribution is -0.387. The number of likely N-dealkylation sites (N-methyl/N-ethyl adjacent to an activating group) is 1. The van der Waals surface area contributed by atoms with Crippen LogP contribution >= 0.6 is 11.8 Å². The molecule has 0 saturated heterocycles. The number of nitrogens with one attached hydrogen (secondary N) is 1. The largest absolute Gasteiger partial charge is 0.399 e. The van der Waals surface area contributed by atoms with E-state index in [1.165, 1.54) is 17.8 Å². The molecule has 3 N–H and O–H groups in total. The highest BCUT2D eigenvalue weighted by atomic mass is 32.2. The van der Waals surface area contributed by atoms with E-state index in [1.54, 1.807) is 36.4 Å². The van der Waals surface area contributed by atoms with Gasteiger partial charge >= 0.3 is 0 Å². The quantitative estimate of drug-likeness (QED) is 0.270. The zero-order valence-corrected chi connectivity index (χ0v) is 18.4. The van der Waals surface area contributed by atoms with Crippen molar-refractivity contribution < 1.29 is 9.72 Å². The summed E-state index contributed by atoms with van der Waals surface area (Å²) < 4.78 is 0. The highest BCUT2D eigenvalue weighted by Gasteiger charge is 2.18. The van der Waals surface area contributed by atoms with Crippen molar-refractivity contribution in [2.45, 2.75) is 30.6 Å². The molecule has 0 atom stereocenters. The lowest BCUT2D eigenvalue weighted by Crippen LogP contribution is -2.35. The van der Waals surface area contributed by atoms with Crippen LogP contribution in [0.5, 0.6) is 0 Å². The van der Waals surface area contributed by atoms with Gasteiger partial charge in [-0.15, -0.1) is 6.42 Å². The smallest absolute Gasteiger partial charge is 0.284 e. The number of hydrogen-bond acceptors (Lipinski definition) is 6. The molecule has 0 radical (unpaired) electrons. The molecular formula is C22H28N4O3S. The van der Waals surface area contributed by atoms with Crippen LogP contribution in [0.3, 0.4) is 0 Å². The van der Waals surface area contributed by atoms with Crippen LogP contribution in [0.1, 0.15) is 31.1 Å². The third-order valence-corrected chi connectivity index (χ3v) is 5.07. The molecule has 160 valence electrons. The summed E-state index contributed by atoms with van der Waals surface area (Å²) in [5, 5.41) is 14.2. The second kappa shape index (κ2) is 13.2. The zero-order valence-electron chi connectivity index (χ0n) is 17.6. The molecule has 7 nitrogen and oxygen atoms in total. The summed E-state index contributed by atoms with van der Waals surface area (Å²) in [5.74, 6) is 2.21. The Hall–Kier alpha value is -3.02. The number of rotatable bonds is 9. The Bertz CT molecular complexity index is 879. The lowest BCUT2D eigenvalue weighted by Gasteiger charge is -2.17. The fourth-order valence-corrected chi connectivity index (χ4v) is 3.36. The molecule has 0 heterocycles. The minimum Gasteiger partial charge on any atom is -0.399 e. The standard InChI is InChI=1S/C20H22N4O3S.C2H6/c1-3-12-23(4-2)13-11-22-20(25)15-5-10-19(18(14-15)24(26)27)28-17-8-6-16(21)7-9-17;1-2/h1,5-10,14H,4,11-13,21H2,2H3,(H,22,25);1-2H3. The first-order chi connectivity index (χ1) is 14.4. The topological polar surface area (TPSA) is 102 Å². The maximum atomic E-state index is 12.3. The molecule has 2 aromatic carbocycles. The molecule has 8 heteroatoms. The van der Waals surface area contributed by atoms with E-state index in [0.717, 1.165) is 11.4 Å². The van der Waals surface area contributed by atoms with Gasteiger partial charge in [0.1, 0.15) is 0 Å². The Balaban J connectivity index is 0.00000218. The maximum absolute atomic E-state index is 12.3. The molecule has 0 fully saturated rings. The number of hydrogen-bond donors (Lipinski definition) is 2. The number of nitrogens with two attached hydrogens (primary N) is 1. The number of nitrogens with zero attached hydrogens (tertiary/aromatic N) is 2. The van der Waals surface area contributed by atoms with Gasteiger partial charge < -0.3 is 11.1 Å². The number of benzene rings is 2. The molecule has 30 heavy (non-hydrogen) atoms. The molecule has 2 rings (SSSR count). The normalized spacial score (nSPS) is 9.97. The molecule has 0 unspecified atom stereocenters. The van der Waals surface area contributed by atoms with E-state index < -0.39 is 4.92 Å². The summed E-state index contributed by atoms with van der Waals surface area (Å²) in [7, 11) is 0. The molecule has 0 aliphatic heterocycles. The van der Waals surface area contributed by atoms with E-state index in [0.29, 0.717) is 30.2 Å². The number of carbonyl (C=O) groups excluding carboxylic acids is 1. The van der Waals surface area contributed by atoms with E-state index in [2.05, 4.69) is 11.2 Å². The molecule has 0 bridgehead atoms. The van der Waals surface area contributed by atoms with E-state index in [9.17, 15) is 14.9 Å². The Morgan fingerprint density at radius 2 is 1.93 bits per heavy atom. The van der Waals surface area contributed by atoms with E-state index >= 15 is 0 Å². The van der Waals surface area contributed by atoms with Gasteiger partial charge in [-0.05, 0) is 42.9 Å². The van der Waals surface area contributed by atoms with Gasteiger partial charge in [0.05, 0.1) is 16.4 Å². The number of carbonyl (C=O) groups is 1. The van der Waals surface area contributed by atoms with Crippen molar-refractivity contribution in [3.8, 4) is 12.3 Å². The molecule has 0 spiro atoms. The van der Waals surface area contributed by atoms with Crippen LogP contribution in [0.15, 0.2) is 52.3 Å². The van der Waals surface area contributed by atoms with Crippen molar-refractivity contribution in [2.75, 3.05) is 31.9 Å². The molecule has 0 aromatic heterocycles. The third kappa shape index (κ3) is 7.78. The van der Waals surface area contributed by atoms with Gasteiger partial charge in [-0.2, -0.15) is 0 Å². The van der Waals surface area contributed by atoms with Crippen LogP contribution in [-0.2, 0) is 0 Å². The van der Waals surface area contributed by atoms with Crippen LogP contribution in [0, 0.1) is 22.5 Å². The molecule has 1 amide bonds. The highest BCUT2D eigenvalue weighted by molar-refractivity contribution is 7.99. The average molecular weight is 429 g/mol. The first-order valence-electron chi connectivity index (χ1n) is 9.70. The Morgan fingerprint density at radius 1 is 1.27 bits per heavy atom. The van der Waals surface area contributed by atoms with Crippen LogP contribution in [0.2, 0.25) is 0 Å². The Morgan fingerprint density at radius 3 is 2.50 bits per heavy atom. The second-order valence-corrected chi connectivity index (χ2v) is 7.05. The molecule has 0 saturated carbocycles. The minimum atomic E-state index is -0.484. The lowest BCUT2D eigenvalue weighted by atomic mass is 10.2. The fourth-order valence-electron chi connectivity index (χ4n) is 2.46. The van der Waals surface area contributed by atoms with Crippen molar-refractivity contribution in [2.24, 2.45) is 0 Å². The summed E-state index contributed by atoms with van der Waals surface area (Å²) in [6.45, 7) is 8.29. The van der Waals surface area contributed by atoms with Crippen LogP contribution in [0.4, 0.5) is 11.4 Å². The first kappa shape index (κ1) is 25.0. The SMILES string of the molecule is C#CCN(CC)CCNC(=O)c1ccc(Sc2ccc(N)cc2)c([N+](=O)[O-])c1.CC. The summed E-state index contributed by atoms with van der Waals surface area (Å²) >= 11 is 1.25. The third-order valence-electron chi connectivity index (χ3n) is 4.00. The monoisotopic (exact) mass is 428 g/mol. The zero-order chi connectivity index (χ0) is 22.5. The fraction of sp³-hybridized carbons (Fsp3) is 0.318. The molecule has 2 aromatic rings.